The molecule has 3 heterocycles. The SMILES string of the molecule is Cc1[nH]c(C(=O)N/N=C\c2ccc([N+](=O)[O-])o2)c(C)c1C(=O)N/N=C\c1ccc([N+](=O)[O-])o1. The Kier molecular flexibility index (Phi) is 6.42. The molecule has 0 atom stereocenters. The van der Waals surface area contributed by atoms with Crippen LogP contribution in [0.25, 0.3) is 0 Å². The smallest absolute Gasteiger partial charge is 0.400 e. The van der Waals surface area contributed by atoms with Gasteiger partial charge in [-0.1, -0.05) is 0 Å². The minimum atomic E-state index is -0.712. The van der Waals surface area contributed by atoms with E-state index in [9.17, 15) is 29.8 Å². The van der Waals surface area contributed by atoms with E-state index in [1.54, 1.807) is 6.92 Å². The molecule has 0 fully saturated rings. The van der Waals surface area contributed by atoms with Crippen molar-refractivity contribution in [3.05, 3.63) is 78.5 Å². The minimum Gasteiger partial charge on any atom is -0.400 e. The third-order valence-electron chi connectivity index (χ3n) is 4.19. The summed E-state index contributed by atoms with van der Waals surface area (Å²) in [6.07, 6.45) is 2.17. The van der Waals surface area contributed by atoms with E-state index in [0.717, 1.165) is 24.6 Å². The Morgan fingerprint density at radius 1 is 0.909 bits per heavy atom. The van der Waals surface area contributed by atoms with Gasteiger partial charge < -0.3 is 13.8 Å². The number of nitro groups is 2. The van der Waals surface area contributed by atoms with E-state index in [0.29, 0.717) is 11.3 Å². The van der Waals surface area contributed by atoms with Crippen LogP contribution in [0.5, 0.6) is 0 Å². The number of H-pyrrole nitrogens is 1. The van der Waals surface area contributed by atoms with Crippen LogP contribution in [-0.2, 0) is 0 Å². The quantitative estimate of drug-likeness (QED) is 0.258. The van der Waals surface area contributed by atoms with Crippen LogP contribution in [0.1, 0.15) is 43.6 Å². The Labute approximate surface area is 183 Å². The second kappa shape index (κ2) is 9.38. The van der Waals surface area contributed by atoms with Crippen LogP contribution in [-0.4, -0.2) is 39.1 Å². The molecule has 0 aromatic carbocycles. The fraction of sp³-hybridized carbons (Fsp3) is 0.111. The number of aromatic amines is 1. The first-order valence-electron chi connectivity index (χ1n) is 9.01. The van der Waals surface area contributed by atoms with E-state index < -0.39 is 33.4 Å². The van der Waals surface area contributed by atoms with Crippen molar-refractivity contribution < 1.29 is 28.3 Å². The summed E-state index contributed by atoms with van der Waals surface area (Å²) in [5, 5.41) is 28.6. The number of nitrogens with one attached hydrogen (secondary N) is 3. The molecule has 3 aromatic rings. The molecule has 0 spiro atoms. The molecule has 15 nitrogen and oxygen atoms in total. The first-order valence-corrected chi connectivity index (χ1v) is 9.01. The molecule has 0 aliphatic carbocycles. The molecule has 0 saturated carbocycles. The Hall–Kier alpha value is -5.08. The lowest BCUT2D eigenvalue weighted by atomic mass is 10.1. The predicted octanol–water partition coefficient (Wildman–Crippen LogP) is 2.16. The van der Waals surface area contributed by atoms with Crippen LogP contribution in [0.15, 0.2) is 43.3 Å². The molecule has 2 amide bonds. The first kappa shape index (κ1) is 22.6. The summed E-state index contributed by atoms with van der Waals surface area (Å²) in [7, 11) is 0. The molecule has 0 aliphatic heterocycles. The van der Waals surface area contributed by atoms with Gasteiger partial charge in [-0.25, -0.2) is 10.9 Å². The van der Waals surface area contributed by atoms with E-state index in [1.807, 2.05) is 0 Å². The number of amides is 2. The largest absolute Gasteiger partial charge is 0.433 e. The van der Waals surface area contributed by atoms with Crippen LogP contribution in [0.3, 0.4) is 0 Å². The molecule has 0 saturated heterocycles. The molecule has 3 aromatic heterocycles. The normalized spacial score (nSPS) is 11.2. The third kappa shape index (κ3) is 5.16. The zero-order valence-electron chi connectivity index (χ0n) is 17.0. The molecule has 15 heteroatoms. The van der Waals surface area contributed by atoms with E-state index in [1.165, 1.54) is 19.1 Å². The van der Waals surface area contributed by atoms with Gasteiger partial charge in [0.05, 0.1) is 30.1 Å². The van der Waals surface area contributed by atoms with E-state index in [2.05, 4.69) is 26.0 Å². The van der Waals surface area contributed by atoms with Gasteiger partial charge in [-0.3, -0.25) is 29.8 Å². The van der Waals surface area contributed by atoms with Crippen LogP contribution in [0.2, 0.25) is 0 Å². The highest BCUT2D eigenvalue weighted by Crippen LogP contribution is 2.18. The van der Waals surface area contributed by atoms with Gasteiger partial charge in [-0.05, 0) is 31.5 Å². The van der Waals surface area contributed by atoms with Gasteiger partial charge >= 0.3 is 11.8 Å². The summed E-state index contributed by atoms with van der Waals surface area (Å²) in [6.45, 7) is 3.11. The molecule has 170 valence electrons. The van der Waals surface area contributed by atoms with Gasteiger partial charge in [0.25, 0.3) is 11.8 Å². The zero-order chi connectivity index (χ0) is 24.1. The van der Waals surface area contributed by atoms with Crippen molar-refractivity contribution in [2.45, 2.75) is 13.8 Å². The molecule has 3 rings (SSSR count). The van der Waals surface area contributed by atoms with Crippen molar-refractivity contribution in [1.29, 1.82) is 0 Å². The van der Waals surface area contributed by atoms with Gasteiger partial charge in [0.15, 0.2) is 11.5 Å². The molecule has 3 N–H and O–H groups in total. The summed E-state index contributed by atoms with van der Waals surface area (Å²) in [6, 6.07) is 4.90. The third-order valence-corrected chi connectivity index (χ3v) is 4.19. The molecule has 0 bridgehead atoms. The van der Waals surface area contributed by atoms with Crippen molar-refractivity contribution in [1.82, 2.24) is 15.8 Å². The summed E-state index contributed by atoms with van der Waals surface area (Å²) >= 11 is 0. The summed E-state index contributed by atoms with van der Waals surface area (Å²) in [4.78, 5) is 47.4. The van der Waals surface area contributed by atoms with Gasteiger partial charge in [0.1, 0.15) is 15.5 Å². The zero-order valence-corrected chi connectivity index (χ0v) is 17.0. The van der Waals surface area contributed by atoms with Crippen molar-refractivity contribution in [2.75, 3.05) is 0 Å². The Morgan fingerprint density at radius 2 is 1.39 bits per heavy atom. The number of carbonyl (C=O) groups excluding carboxylic acids is 2. The highest BCUT2D eigenvalue weighted by atomic mass is 16.7. The van der Waals surface area contributed by atoms with Crippen molar-refractivity contribution in [3.8, 4) is 0 Å². The Morgan fingerprint density at radius 3 is 1.85 bits per heavy atom. The van der Waals surface area contributed by atoms with Gasteiger partial charge in [0, 0.05) is 5.69 Å². The number of hydrogen-bond donors (Lipinski definition) is 3. The summed E-state index contributed by atoms with van der Waals surface area (Å²) in [5.74, 6) is -2.13. The van der Waals surface area contributed by atoms with Gasteiger partial charge in [0.2, 0.25) is 0 Å². The molecular weight excluding hydrogens is 442 g/mol. The lowest BCUT2D eigenvalue weighted by Crippen LogP contribution is -2.21. The van der Waals surface area contributed by atoms with E-state index in [4.69, 9.17) is 8.83 Å². The van der Waals surface area contributed by atoms with Crippen molar-refractivity contribution in [2.24, 2.45) is 10.2 Å². The topological polar surface area (TPSA) is 211 Å². The number of hydrogen-bond acceptors (Lipinski definition) is 10. The maximum Gasteiger partial charge on any atom is 0.433 e. The Balaban J connectivity index is 1.64. The highest BCUT2D eigenvalue weighted by Gasteiger charge is 2.22. The number of aromatic nitrogens is 1. The monoisotopic (exact) mass is 457 g/mol. The molecule has 0 radical (unpaired) electrons. The number of hydrazone groups is 2. The van der Waals surface area contributed by atoms with E-state index in [-0.39, 0.29) is 22.8 Å². The molecular formula is C18H15N7O8. The Bertz CT molecular complexity index is 1300. The number of furan rings is 2. The predicted molar refractivity (Wildman–Crippen MR) is 111 cm³/mol. The van der Waals surface area contributed by atoms with Crippen LogP contribution < -0.4 is 10.9 Å². The second-order valence-electron chi connectivity index (χ2n) is 6.39. The fourth-order valence-electron chi connectivity index (χ4n) is 2.76. The van der Waals surface area contributed by atoms with Gasteiger partial charge in [-0.2, -0.15) is 10.2 Å². The number of nitrogens with zero attached hydrogens (tertiary/aromatic N) is 4. The van der Waals surface area contributed by atoms with Crippen molar-refractivity contribution in [3.63, 3.8) is 0 Å². The number of rotatable bonds is 8. The molecule has 0 aliphatic rings. The van der Waals surface area contributed by atoms with Crippen LogP contribution in [0, 0.1) is 34.1 Å². The van der Waals surface area contributed by atoms with Gasteiger partial charge in [-0.15, -0.1) is 0 Å². The maximum absolute atomic E-state index is 12.5. The first-order chi connectivity index (χ1) is 15.7. The number of aryl methyl sites for hydroxylation is 1. The summed E-state index contributed by atoms with van der Waals surface area (Å²) < 4.78 is 9.77. The number of carbonyl (C=O) groups is 2. The minimum absolute atomic E-state index is 0.0567. The lowest BCUT2D eigenvalue weighted by molar-refractivity contribution is -0.402. The average molecular weight is 457 g/mol. The summed E-state index contributed by atoms with van der Waals surface area (Å²) in [5.41, 5.74) is 5.39. The average Bonchev–Trinajstić information content (AvgIpc) is 3.47. The van der Waals surface area contributed by atoms with Crippen LogP contribution in [0.4, 0.5) is 11.8 Å². The highest BCUT2D eigenvalue weighted by molar-refractivity contribution is 6.02. The van der Waals surface area contributed by atoms with E-state index >= 15 is 0 Å². The standard InChI is InChI=1S/C18H15N7O8/c1-9-15(17(26)22-19-7-11-3-5-13(32-11)24(28)29)10(2)21-16(9)18(27)23-20-8-12-4-6-14(33-12)25(30)31/h3-8,21H,1-2H3,(H,22,26)(H,23,27)/b19-7-,20-8-. The van der Waals surface area contributed by atoms with Crippen molar-refractivity contribution >= 4 is 36.0 Å². The maximum atomic E-state index is 12.5. The fourth-order valence-corrected chi connectivity index (χ4v) is 2.76. The molecule has 33 heavy (non-hydrogen) atoms. The molecule has 0 unspecified atom stereocenters. The second-order valence-corrected chi connectivity index (χ2v) is 6.39. The van der Waals surface area contributed by atoms with Crippen LogP contribution >= 0.6 is 0 Å². The lowest BCUT2D eigenvalue weighted by Gasteiger charge is -2.01.